The van der Waals surface area contributed by atoms with Crippen molar-refractivity contribution in [3.05, 3.63) is 0 Å². The largest absolute Gasteiger partial charge is 0.349 e. The Morgan fingerprint density at radius 3 is 2.18 bits per heavy atom. The summed E-state index contributed by atoms with van der Waals surface area (Å²) < 4.78 is 0. The Labute approximate surface area is 106 Å². The van der Waals surface area contributed by atoms with Crippen molar-refractivity contribution in [2.24, 2.45) is 11.7 Å². The second-order valence-electron chi connectivity index (χ2n) is 5.46. The van der Waals surface area contributed by atoms with Gasteiger partial charge in [0.05, 0.1) is 5.54 Å². The zero-order valence-corrected chi connectivity index (χ0v) is 11.4. The van der Waals surface area contributed by atoms with Crippen LogP contribution in [0.3, 0.4) is 0 Å². The molecule has 0 radical (unpaired) electrons. The molecule has 0 spiro atoms. The summed E-state index contributed by atoms with van der Waals surface area (Å²) in [6, 6.07) is 0. The fourth-order valence-electron chi connectivity index (χ4n) is 2.90. The van der Waals surface area contributed by atoms with Crippen LogP contribution in [-0.4, -0.2) is 18.0 Å². The monoisotopic (exact) mass is 240 g/mol. The van der Waals surface area contributed by atoms with Crippen molar-refractivity contribution in [2.75, 3.05) is 6.54 Å². The highest BCUT2D eigenvalue weighted by Crippen LogP contribution is 2.29. The van der Waals surface area contributed by atoms with E-state index in [0.717, 1.165) is 38.5 Å². The molecule has 1 aliphatic rings. The molecule has 3 heteroatoms. The first-order valence-corrected chi connectivity index (χ1v) is 7.19. The summed E-state index contributed by atoms with van der Waals surface area (Å²) in [4.78, 5) is 12.3. The normalized spacial score (nSPS) is 18.6. The van der Waals surface area contributed by atoms with Crippen molar-refractivity contribution < 1.29 is 4.79 Å². The van der Waals surface area contributed by atoms with Gasteiger partial charge in [-0.2, -0.15) is 0 Å². The van der Waals surface area contributed by atoms with Gasteiger partial charge in [-0.05, 0) is 25.7 Å². The zero-order valence-electron chi connectivity index (χ0n) is 11.4. The van der Waals surface area contributed by atoms with Crippen LogP contribution in [0.25, 0.3) is 0 Å². The van der Waals surface area contributed by atoms with E-state index in [1.807, 2.05) is 0 Å². The quantitative estimate of drug-likeness (QED) is 0.718. The van der Waals surface area contributed by atoms with E-state index >= 15 is 0 Å². The van der Waals surface area contributed by atoms with Gasteiger partial charge < -0.3 is 11.1 Å². The van der Waals surface area contributed by atoms with E-state index < -0.39 is 0 Å². The Morgan fingerprint density at radius 1 is 1.24 bits per heavy atom. The molecule has 1 aliphatic carbocycles. The number of carbonyl (C=O) groups is 1. The standard InChI is InChI=1S/C14H28N2O/c1-3-7-12(8-4-2)13(17)16-14(11-15)9-5-6-10-14/h12H,3-11,15H2,1-2H3,(H,16,17). The van der Waals surface area contributed by atoms with E-state index in [2.05, 4.69) is 19.2 Å². The second-order valence-corrected chi connectivity index (χ2v) is 5.46. The van der Waals surface area contributed by atoms with Crippen LogP contribution in [-0.2, 0) is 4.79 Å². The molecule has 0 aromatic rings. The highest BCUT2D eigenvalue weighted by molar-refractivity contribution is 5.79. The number of nitrogens with one attached hydrogen (secondary N) is 1. The molecule has 0 bridgehead atoms. The van der Waals surface area contributed by atoms with Crippen molar-refractivity contribution in [3.8, 4) is 0 Å². The van der Waals surface area contributed by atoms with E-state index in [1.165, 1.54) is 12.8 Å². The molecular formula is C14H28N2O. The first kappa shape index (κ1) is 14.5. The lowest BCUT2D eigenvalue weighted by Crippen LogP contribution is -2.53. The van der Waals surface area contributed by atoms with Gasteiger partial charge in [0.25, 0.3) is 0 Å². The summed E-state index contributed by atoms with van der Waals surface area (Å²) in [6.45, 7) is 4.87. The molecule has 1 rings (SSSR count). The van der Waals surface area contributed by atoms with Crippen LogP contribution < -0.4 is 11.1 Å². The molecule has 1 saturated carbocycles. The van der Waals surface area contributed by atoms with Gasteiger partial charge >= 0.3 is 0 Å². The SMILES string of the molecule is CCCC(CCC)C(=O)NC1(CN)CCCC1. The molecule has 3 N–H and O–H groups in total. The van der Waals surface area contributed by atoms with E-state index in [0.29, 0.717) is 6.54 Å². The molecule has 0 aromatic heterocycles. The van der Waals surface area contributed by atoms with Crippen LogP contribution in [0.5, 0.6) is 0 Å². The fraction of sp³-hybridized carbons (Fsp3) is 0.929. The second kappa shape index (κ2) is 7.00. The Balaban J connectivity index is 2.55. The van der Waals surface area contributed by atoms with Crippen LogP contribution in [0.1, 0.15) is 65.2 Å². The predicted molar refractivity (Wildman–Crippen MR) is 71.7 cm³/mol. The van der Waals surface area contributed by atoms with Crippen LogP contribution in [0.15, 0.2) is 0 Å². The molecule has 0 unspecified atom stereocenters. The summed E-state index contributed by atoms with van der Waals surface area (Å²) in [5.74, 6) is 0.426. The predicted octanol–water partition coefficient (Wildman–Crippen LogP) is 2.59. The van der Waals surface area contributed by atoms with Crippen LogP contribution >= 0.6 is 0 Å². The highest BCUT2D eigenvalue weighted by Gasteiger charge is 2.35. The molecule has 0 aliphatic heterocycles. The average Bonchev–Trinajstić information content (AvgIpc) is 2.78. The Morgan fingerprint density at radius 2 is 1.76 bits per heavy atom. The van der Waals surface area contributed by atoms with Crippen LogP contribution in [0.2, 0.25) is 0 Å². The summed E-state index contributed by atoms with van der Waals surface area (Å²) in [7, 11) is 0. The number of hydrogen-bond acceptors (Lipinski definition) is 2. The van der Waals surface area contributed by atoms with Crippen molar-refractivity contribution in [2.45, 2.75) is 70.8 Å². The molecule has 0 aromatic carbocycles. The first-order chi connectivity index (χ1) is 8.17. The Bertz CT molecular complexity index is 228. The smallest absolute Gasteiger partial charge is 0.223 e. The maximum absolute atomic E-state index is 12.3. The van der Waals surface area contributed by atoms with Gasteiger partial charge in [0.1, 0.15) is 0 Å². The van der Waals surface area contributed by atoms with Crippen LogP contribution in [0, 0.1) is 5.92 Å². The van der Waals surface area contributed by atoms with Crippen LogP contribution in [0.4, 0.5) is 0 Å². The van der Waals surface area contributed by atoms with Gasteiger partial charge in [-0.3, -0.25) is 4.79 Å². The lowest BCUT2D eigenvalue weighted by molar-refractivity contribution is -0.127. The van der Waals surface area contributed by atoms with Crippen molar-refractivity contribution >= 4 is 5.91 Å². The Kier molecular flexibility index (Phi) is 5.96. The molecule has 0 atom stereocenters. The van der Waals surface area contributed by atoms with Gasteiger partial charge in [-0.25, -0.2) is 0 Å². The van der Waals surface area contributed by atoms with Crippen molar-refractivity contribution in [1.82, 2.24) is 5.32 Å². The minimum Gasteiger partial charge on any atom is -0.349 e. The summed E-state index contributed by atoms with van der Waals surface area (Å²) in [6.07, 6.45) is 8.66. The van der Waals surface area contributed by atoms with E-state index in [-0.39, 0.29) is 17.4 Å². The average molecular weight is 240 g/mol. The van der Waals surface area contributed by atoms with Gasteiger partial charge in [-0.1, -0.05) is 39.5 Å². The maximum Gasteiger partial charge on any atom is 0.223 e. The van der Waals surface area contributed by atoms with Gasteiger partial charge in [-0.15, -0.1) is 0 Å². The van der Waals surface area contributed by atoms with E-state index in [1.54, 1.807) is 0 Å². The third kappa shape index (κ3) is 3.98. The Hall–Kier alpha value is -0.570. The number of rotatable bonds is 7. The molecular weight excluding hydrogens is 212 g/mol. The van der Waals surface area contributed by atoms with E-state index in [9.17, 15) is 4.79 Å². The summed E-state index contributed by atoms with van der Waals surface area (Å²) in [5.41, 5.74) is 5.76. The fourth-order valence-corrected chi connectivity index (χ4v) is 2.90. The highest BCUT2D eigenvalue weighted by atomic mass is 16.2. The summed E-state index contributed by atoms with van der Waals surface area (Å²) in [5, 5.41) is 3.25. The molecule has 3 nitrogen and oxygen atoms in total. The third-order valence-electron chi connectivity index (χ3n) is 3.98. The van der Waals surface area contributed by atoms with Gasteiger partial charge in [0.2, 0.25) is 5.91 Å². The minimum absolute atomic E-state index is 0.0865. The van der Waals surface area contributed by atoms with Crippen molar-refractivity contribution in [3.63, 3.8) is 0 Å². The maximum atomic E-state index is 12.3. The molecule has 0 saturated heterocycles. The van der Waals surface area contributed by atoms with E-state index in [4.69, 9.17) is 5.73 Å². The topological polar surface area (TPSA) is 55.1 Å². The number of amides is 1. The van der Waals surface area contributed by atoms with Gasteiger partial charge in [0.15, 0.2) is 0 Å². The minimum atomic E-state index is -0.0865. The molecule has 1 amide bonds. The van der Waals surface area contributed by atoms with Crippen molar-refractivity contribution in [1.29, 1.82) is 0 Å². The number of nitrogens with two attached hydrogens (primary N) is 1. The lowest BCUT2D eigenvalue weighted by atomic mass is 9.93. The molecule has 1 fully saturated rings. The molecule has 17 heavy (non-hydrogen) atoms. The third-order valence-corrected chi connectivity index (χ3v) is 3.98. The lowest BCUT2D eigenvalue weighted by Gasteiger charge is -2.31. The molecule has 100 valence electrons. The zero-order chi connectivity index (χ0) is 12.7. The number of hydrogen-bond donors (Lipinski definition) is 2. The number of carbonyl (C=O) groups excluding carboxylic acids is 1. The summed E-state index contributed by atoms with van der Waals surface area (Å²) >= 11 is 0. The van der Waals surface area contributed by atoms with Gasteiger partial charge in [0, 0.05) is 12.5 Å². The molecule has 0 heterocycles. The first-order valence-electron chi connectivity index (χ1n) is 7.19.